The summed E-state index contributed by atoms with van der Waals surface area (Å²) < 4.78 is 5.14. The third kappa shape index (κ3) is 3.56. The average molecular weight is 406 g/mol. The van der Waals surface area contributed by atoms with E-state index in [0.29, 0.717) is 17.5 Å². The number of hydrogen-bond donors (Lipinski definition) is 1. The molecule has 0 bridgehead atoms. The fourth-order valence-electron chi connectivity index (χ4n) is 5.54. The van der Waals surface area contributed by atoms with Crippen molar-refractivity contribution in [3.63, 3.8) is 0 Å². The van der Waals surface area contributed by atoms with Crippen LogP contribution in [0.4, 0.5) is 5.69 Å². The quantitative estimate of drug-likeness (QED) is 0.717. The van der Waals surface area contributed by atoms with Gasteiger partial charge in [-0.2, -0.15) is 0 Å². The number of carbonyl (C=O) groups excluding carboxylic acids is 1. The van der Waals surface area contributed by atoms with Gasteiger partial charge in [0.25, 0.3) is 5.91 Å². The van der Waals surface area contributed by atoms with E-state index in [1.54, 1.807) is 36.1 Å². The number of rotatable bonds is 7. The molecule has 0 saturated carbocycles. The van der Waals surface area contributed by atoms with E-state index in [1.807, 2.05) is 12.1 Å². The van der Waals surface area contributed by atoms with Gasteiger partial charge in [-0.25, -0.2) is 0 Å². The highest BCUT2D eigenvalue weighted by Crippen LogP contribution is 2.49. The van der Waals surface area contributed by atoms with E-state index in [-0.39, 0.29) is 5.91 Å². The first-order valence-electron chi connectivity index (χ1n) is 11.3. The van der Waals surface area contributed by atoms with Crippen molar-refractivity contribution >= 4 is 11.6 Å². The van der Waals surface area contributed by atoms with E-state index in [9.17, 15) is 4.79 Å². The predicted octanol–water partition coefficient (Wildman–Crippen LogP) is 3.44. The maximum atomic E-state index is 12.2. The summed E-state index contributed by atoms with van der Waals surface area (Å²) in [5.74, 6) is 1.43. The molecule has 1 saturated heterocycles. The Hall–Kier alpha value is -2.53. The van der Waals surface area contributed by atoms with Gasteiger partial charge in [0, 0.05) is 49.4 Å². The molecule has 30 heavy (non-hydrogen) atoms. The number of amides is 1. The molecule has 1 fully saturated rings. The molecule has 0 spiro atoms. The Kier molecular flexibility index (Phi) is 5.38. The van der Waals surface area contributed by atoms with Crippen molar-refractivity contribution < 1.29 is 9.53 Å². The number of nitrogens with zero attached hydrogens (tertiary/aromatic N) is 2. The first kappa shape index (κ1) is 19.4. The van der Waals surface area contributed by atoms with Crippen molar-refractivity contribution in [3.8, 4) is 5.75 Å². The number of anilines is 1. The molecule has 1 N–H and O–H groups in total. The maximum absolute atomic E-state index is 12.2. The summed E-state index contributed by atoms with van der Waals surface area (Å²) in [5, 5.41) is 3.04. The van der Waals surface area contributed by atoms with E-state index in [4.69, 9.17) is 4.74 Å². The van der Waals surface area contributed by atoms with Crippen LogP contribution in [0.2, 0.25) is 0 Å². The van der Waals surface area contributed by atoms with E-state index in [1.165, 1.54) is 32.5 Å². The van der Waals surface area contributed by atoms with Crippen LogP contribution in [-0.4, -0.2) is 56.7 Å². The van der Waals surface area contributed by atoms with Crippen LogP contribution >= 0.6 is 0 Å². The zero-order valence-electron chi connectivity index (χ0n) is 17.8. The standard InChI is InChI=1S/C25H31N3O2/c1-30-20-9-7-19(8-10-20)25(29)26-13-2-3-14-27-15-12-23-22(17-27)21-6-4-5-18-11-16-28(23)24(18)21/h4-10,22-23H,2-3,11-17H2,1H3,(H,26,29)/t22-,23-/m1/s1. The third-order valence-corrected chi connectivity index (χ3v) is 7.06. The fraction of sp³-hybridized carbons (Fsp3) is 0.480. The van der Waals surface area contributed by atoms with Gasteiger partial charge in [-0.05, 0) is 67.6 Å². The largest absolute Gasteiger partial charge is 0.497 e. The van der Waals surface area contributed by atoms with E-state index >= 15 is 0 Å². The second kappa shape index (κ2) is 8.31. The van der Waals surface area contributed by atoms with Crippen LogP contribution < -0.4 is 15.0 Å². The Bertz CT molecular complexity index is 911. The number of piperidine rings is 1. The first-order valence-corrected chi connectivity index (χ1v) is 11.3. The molecule has 5 rings (SSSR count). The zero-order chi connectivity index (χ0) is 20.5. The van der Waals surface area contributed by atoms with Crippen LogP contribution in [-0.2, 0) is 6.42 Å². The number of unbranched alkanes of at least 4 members (excludes halogenated alkanes) is 1. The number of carbonyl (C=O) groups is 1. The number of nitrogens with one attached hydrogen (secondary N) is 1. The lowest BCUT2D eigenvalue weighted by Crippen LogP contribution is -2.46. The average Bonchev–Trinajstić information content (AvgIpc) is 3.36. The van der Waals surface area contributed by atoms with Gasteiger partial charge >= 0.3 is 0 Å². The summed E-state index contributed by atoms with van der Waals surface area (Å²) in [6.45, 7) is 5.43. The zero-order valence-corrected chi connectivity index (χ0v) is 17.8. The smallest absolute Gasteiger partial charge is 0.251 e. The van der Waals surface area contributed by atoms with Crippen molar-refractivity contribution in [3.05, 3.63) is 59.2 Å². The summed E-state index contributed by atoms with van der Waals surface area (Å²) in [6.07, 6.45) is 4.63. The van der Waals surface area contributed by atoms with Gasteiger partial charge in [0.2, 0.25) is 0 Å². The van der Waals surface area contributed by atoms with E-state index in [0.717, 1.165) is 31.7 Å². The monoisotopic (exact) mass is 405 g/mol. The first-order chi connectivity index (χ1) is 14.7. The molecule has 3 aliphatic heterocycles. The number of likely N-dealkylation sites (tertiary alicyclic amines) is 1. The van der Waals surface area contributed by atoms with Crippen molar-refractivity contribution in [1.82, 2.24) is 10.2 Å². The highest BCUT2D eigenvalue weighted by atomic mass is 16.5. The molecule has 2 atom stereocenters. The molecule has 5 nitrogen and oxygen atoms in total. The lowest BCUT2D eigenvalue weighted by atomic mass is 9.87. The van der Waals surface area contributed by atoms with Crippen LogP contribution in [0.25, 0.3) is 0 Å². The van der Waals surface area contributed by atoms with Crippen molar-refractivity contribution in [2.45, 2.75) is 37.6 Å². The van der Waals surface area contributed by atoms with E-state index in [2.05, 4.69) is 33.3 Å². The molecule has 2 aromatic rings. The van der Waals surface area contributed by atoms with Gasteiger partial charge in [0.15, 0.2) is 0 Å². The van der Waals surface area contributed by atoms with Gasteiger partial charge in [-0.1, -0.05) is 18.2 Å². The SMILES string of the molecule is COc1ccc(C(=O)NCCCCN2CC[C@@H]3[C@H](C2)c2cccc4c2N3CC4)cc1. The second-order valence-corrected chi connectivity index (χ2v) is 8.75. The minimum Gasteiger partial charge on any atom is -0.497 e. The maximum Gasteiger partial charge on any atom is 0.251 e. The Morgan fingerprint density at radius 2 is 2.00 bits per heavy atom. The van der Waals surface area contributed by atoms with Gasteiger partial charge < -0.3 is 19.9 Å². The molecule has 3 heterocycles. The minimum absolute atomic E-state index is 0.00798. The number of benzene rings is 2. The van der Waals surface area contributed by atoms with Crippen LogP contribution in [0.1, 0.15) is 46.7 Å². The number of fused-ring (bicyclic) bond motifs is 3. The molecule has 2 aromatic carbocycles. The van der Waals surface area contributed by atoms with Crippen molar-refractivity contribution in [1.29, 1.82) is 0 Å². The Labute approximate surface area is 179 Å². The molecule has 1 amide bonds. The lowest BCUT2D eigenvalue weighted by molar-refractivity contribution is 0.0952. The van der Waals surface area contributed by atoms with Gasteiger partial charge in [0.1, 0.15) is 5.75 Å². The molecule has 3 aliphatic rings. The van der Waals surface area contributed by atoms with Crippen LogP contribution in [0.3, 0.4) is 0 Å². The van der Waals surface area contributed by atoms with Gasteiger partial charge in [-0.15, -0.1) is 0 Å². The van der Waals surface area contributed by atoms with Gasteiger partial charge in [-0.3, -0.25) is 4.79 Å². The molecule has 0 aromatic heterocycles. The lowest BCUT2D eigenvalue weighted by Gasteiger charge is -2.38. The van der Waals surface area contributed by atoms with Crippen LogP contribution in [0.5, 0.6) is 5.75 Å². The molecule has 5 heteroatoms. The Morgan fingerprint density at radius 1 is 1.13 bits per heavy atom. The second-order valence-electron chi connectivity index (χ2n) is 8.75. The Morgan fingerprint density at radius 3 is 2.83 bits per heavy atom. The van der Waals surface area contributed by atoms with Crippen LogP contribution in [0, 0.1) is 0 Å². The molecule has 0 unspecified atom stereocenters. The number of para-hydroxylation sites is 1. The molecular formula is C25H31N3O2. The molecular weight excluding hydrogens is 374 g/mol. The molecule has 158 valence electrons. The van der Waals surface area contributed by atoms with Crippen LogP contribution in [0.15, 0.2) is 42.5 Å². The number of methoxy groups -OCH3 is 1. The topological polar surface area (TPSA) is 44.8 Å². The summed E-state index contributed by atoms with van der Waals surface area (Å²) >= 11 is 0. The third-order valence-electron chi connectivity index (χ3n) is 7.06. The predicted molar refractivity (Wildman–Crippen MR) is 120 cm³/mol. The fourth-order valence-corrected chi connectivity index (χ4v) is 5.54. The highest BCUT2D eigenvalue weighted by Gasteiger charge is 2.44. The summed E-state index contributed by atoms with van der Waals surface area (Å²) in [4.78, 5) is 17.6. The Balaban J connectivity index is 1.07. The summed E-state index contributed by atoms with van der Waals surface area (Å²) in [5.41, 5.74) is 5.39. The van der Waals surface area contributed by atoms with E-state index < -0.39 is 0 Å². The number of hydrogen-bond acceptors (Lipinski definition) is 4. The highest BCUT2D eigenvalue weighted by molar-refractivity contribution is 5.94. The summed E-state index contributed by atoms with van der Waals surface area (Å²) in [7, 11) is 1.63. The normalized spacial score (nSPS) is 22.0. The number of ether oxygens (including phenoxy) is 1. The van der Waals surface area contributed by atoms with Crippen molar-refractivity contribution in [2.75, 3.05) is 44.7 Å². The minimum atomic E-state index is -0.00798. The molecule has 0 aliphatic carbocycles. The van der Waals surface area contributed by atoms with Gasteiger partial charge in [0.05, 0.1) is 7.11 Å². The van der Waals surface area contributed by atoms with Crippen molar-refractivity contribution in [2.24, 2.45) is 0 Å². The molecule has 0 radical (unpaired) electrons. The summed E-state index contributed by atoms with van der Waals surface area (Å²) in [6, 6.07) is 14.9.